The molecule has 1 fully saturated rings. The highest BCUT2D eigenvalue weighted by atomic mass is 127. The molecule has 0 bridgehead atoms. The van der Waals surface area contributed by atoms with Gasteiger partial charge < -0.3 is 10.0 Å². The molecule has 1 aliphatic rings. The van der Waals surface area contributed by atoms with Crippen LogP contribution in [0.25, 0.3) is 0 Å². The van der Waals surface area contributed by atoms with E-state index < -0.39 is 6.09 Å². The number of likely N-dealkylation sites (tertiary alicyclic amines) is 1. The smallest absolute Gasteiger partial charge is 0.407 e. The van der Waals surface area contributed by atoms with Crippen molar-refractivity contribution in [2.24, 2.45) is 5.41 Å². The van der Waals surface area contributed by atoms with E-state index in [9.17, 15) is 4.79 Å². The maximum atomic E-state index is 10.7. The monoisotopic (exact) mass is 283 g/mol. The molecule has 0 aromatic carbocycles. The van der Waals surface area contributed by atoms with Crippen LogP contribution in [0, 0.1) is 5.41 Å². The maximum absolute atomic E-state index is 10.7. The standard InChI is InChI=1S/C8H14INO2/c1-8(2,3)6-5(9)4-10(6)7(11)12/h5-6H,4H2,1-3H3,(H,11,12). The van der Waals surface area contributed by atoms with Gasteiger partial charge in [-0.05, 0) is 5.41 Å². The number of carbonyl (C=O) groups is 1. The number of nitrogens with zero attached hydrogens (tertiary/aromatic N) is 1. The van der Waals surface area contributed by atoms with Gasteiger partial charge in [-0.15, -0.1) is 0 Å². The molecule has 70 valence electrons. The molecule has 4 heteroatoms. The Labute approximate surface area is 86.3 Å². The number of rotatable bonds is 0. The summed E-state index contributed by atoms with van der Waals surface area (Å²) in [5, 5.41) is 8.81. The first-order chi connectivity index (χ1) is 5.34. The summed E-state index contributed by atoms with van der Waals surface area (Å²) in [6.45, 7) is 6.92. The molecular weight excluding hydrogens is 269 g/mol. The number of alkyl halides is 1. The van der Waals surface area contributed by atoms with E-state index in [2.05, 4.69) is 43.4 Å². The van der Waals surface area contributed by atoms with Crippen LogP contribution < -0.4 is 0 Å². The molecule has 2 atom stereocenters. The van der Waals surface area contributed by atoms with E-state index in [1.165, 1.54) is 4.90 Å². The summed E-state index contributed by atoms with van der Waals surface area (Å²) < 4.78 is 0.471. The lowest BCUT2D eigenvalue weighted by molar-refractivity contribution is 0.0312. The number of hydrogen-bond donors (Lipinski definition) is 1. The van der Waals surface area contributed by atoms with Gasteiger partial charge in [-0.1, -0.05) is 43.4 Å². The van der Waals surface area contributed by atoms with Crippen LogP contribution in [0.3, 0.4) is 0 Å². The Hall–Kier alpha value is 0. The first kappa shape index (κ1) is 10.1. The quantitative estimate of drug-likeness (QED) is 0.547. The third-order valence-electron chi connectivity index (χ3n) is 2.18. The van der Waals surface area contributed by atoms with Crippen molar-refractivity contribution < 1.29 is 9.90 Å². The SMILES string of the molecule is CC(C)(C)C1C(I)CN1C(=O)O. The van der Waals surface area contributed by atoms with Crippen LogP contribution in [-0.4, -0.2) is 32.6 Å². The zero-order valence-corrected chi connectivity index (χ0v) is 9.70. The summed E-state index contributed by atoms with van der Waals surface area (Å²) in [4.78, 5) is 12.2. The second-order valence-electron chi connectivity index (χ2n) is 4.26. The minimum atomic E-state index is -0.789. The van der Waals surface area contributed by atoms with Crippen molar-refractivity contribution in [2.45, 2.75) is 30.7 Å². The number of carboxylic acid groups (broad SMARTS) is 1. The number of hydrogen-bond acceptors (Lipinski definition) is 1. The van der Waals surface area contributed by atoms with Crippen LogP contribution in [0.4, 0.5) is 4.79 Å². The molecule has 1 rings (SSSR count). The fraction of sp³-hybridized carbons (Fsp3) is 0.875. The highest BCUT2D eigenvalue weighted by Crippen LogP contribution is 2.37. The predicted octanol–water partition coefficient (Wildman–Crippen LogP) is 2.20. The van der Waals surface area contributed by atoms with Gasteiger partial charge in [0.15, 0.2) is 0 Å². The third kappa shape index (κ3) is 1.67. The molecule has 12 heavy (non-hydrogen) atoms. The van der Waals surface area contributed by atoms with E-state index in [-0.39, 0.29) is 11.5 Å². The van der Waals surface area contributed by atoms with E-state index >= 15 is 0 Å². The predicted molar refractivity (Wildman–Crippen MR) is 55.8 cm³/mol. The molecular formula is C8H14INO2. The summed E-state index contributed by atoms with van der Waals surface area (Å²) in [5.41, 5.74) is 0.0580. The zero-order chi connectivity index (χ0) is 9.52. The largest absolute Gasteiger partial charge is 0.465 e. The lowest BCUT2D eigenvalue weighted by Crippen LogP contribution is -2.64. The first-order valence-corrected chi connectivity index (χ1v) is 5.22. The molecule has 0 saturated carbocycles. The average Bonchev–Trinajstić information content (AvgIpc) is 1.77. The Kier molecular flexibility index (Phi) is 2.56. The molecule has 0 aliphatic carbocycles. The number of halogens is 1. The lowest BCUT2D eigenvalue weighted by atomic mass is 9.79. The minimum Gasteiger partial charge on any atom is -0.465 e. The number of amides is 1. The molecule has 1 aliphatic heterocycles. The summed E-state index contributed by atoms with van der Waals surface area (Å²) >= 11 is 2.32. The van der Waals surface area contributed by atoms with Crippen molar-refractivity contribution in [3.63, 3.8) is 0 Å². The van der Waals surface area contributed by atoms with E-state index in [1.54, 1.807) is 0 Å². The van der Waals surface area contributed by atoms with Crippen LogP contribution in [0.1, 0.15) is 20.8 Å². The van der Waals surface area contributed by atoms with Gasteiger partial charge in [-0.25, -0.2) is 4.79 Å². The first-order valence-electron chi connectivity index (χ1n) is 3.97. The minimum absolute atomic E-state index is 0.0580. The van der Waals surface area contributed by atoms with E-state index in [1.807, 2.05) is 0 Å². The zero-order valence-electron chi connectivity index (χ0n) is 7.54. The van der Waals surface area contributed by atoms with Gasteiger partial charge in [0.25, 0.3) is 0 Å². The Morgan fingerprint density at radius 1 is 1.58 bits per heavy atom. The second kappa shape index (κ2) is 3.05. The molecule has 0 spiro atoms. The molecule has 1 heterocycles. The van der Waals surface area contributed by atoms with Gasteiger partial charge in [-0.3, -0.25) is 0 Å². The van der Waals surface area contributed by atoms with Crippen molar-refractivity contribution in [3.8, 4) is 0 Å². The molecule has 0 aromatic rings. The highest BCUT2D eigenvalue weighted by Gasteiger charge is 2.46. The Bertz CT molecular complexity index is 200. The van der Waals surface area contributed by atoms with Crippen molar-refractivity contribution in [1.29, 1.82) is 0 Å². The molecule has 0 radical (unpaired) electrons. The summed E-state index contributed by atoms with van der Waals surface area (Å²) in [7, 11) is 0. The molecule has 3 nitrogen and oxygen atoms in total. The summed E-state index contributed by atoms with van der Waals surface area (Å²) in [6, 6.07) is 0.176. The highest BCUT2D eigenvalue weighted by molar-refractivity contribution is 14.1. The molecule has 1 saturated heterocycles. The fourth-order valence-corrected chi connectivity index (χ4v) is 3.56. The van der Waals surface area contributed by atoms with Gasteiger partial charge in [0.1, 0.15) is 0 Å². The van der Waals surface area contributed by atoms with Crippen molar-refractivity contribution in [2.75, 3.05) is 6.54 Å². The fourth-order valence-electron chi connectivity index (χ4n) is 1.67. The van der Waals surface area contributed by atoms with E-state index in [4.69, 9.17) is 5.11 Å². The van der Waals surface area contributed by atoms with Crippen LogP contribution in [0.2, 0.25) is 0 Å². The van der Waals surface area contributed by atoms with Crippen molar-refractivity contribution >= 4 is 28.7 Å². The Morgan fingerprint density at radius 3 is 2.25 bits per heavy atom. The summed E-state index contributed by atoms with van der Waals surface area (Å²) in [6.07, 6.45) is -0.789. The maximum Gasteiger partial charge on any atom is 0.407 e. The van der Waals surface area contributed by atoms with Crippen LogP contribution in [-0.2, 0) is 0 Å². The van der Waals surface area contributed by atoms with E-state index in [0.29, 0.717) is 10.5 Å². The Balaban J connectivity index is 2.68. The normalized spacial score (nSPS) is 29.8. The van der Waals surface area contributed by atoms with Crippen LogP contribution >= 0.6 is 22.6 Å². The average molecular weight is 283 g/mol. The second-order valence-corrected chi connectivity index (χ2v) is 5.86. The Morgan fingerprint density at radius 2 is 2.08 bits per heavy atom. The van der Waals surface area contributed by atoms with Crippen molar-refractivity contribution in [1.82, 2.24) is 4.90 Å². The van der Waals surface area contributed by atoms with E-state index in [0.717, 1.165) is 0 Å². The lowest BCUT2D eigenvalue weighted by Gasteiger charge is -2.50. The van der Waals surface area contributed by atoms with Crippen LogP contribution in [0.15, 0.2) is 0 Å². The summed E-state index contributed by atoms with van der Waals surface area (Å²) in [5.74, 6) is 0. The molecule has 1 amide bonds. The van der Waals surface area contributed by atoms with Gasteiger partial charge in [-0.2, -0.15) is 0 Å². The van der Waals surface area contributed by atoms with Gasteiger partial charge >= 0.3 is 6.09 Å². The topological polar surface area (TPSA) is 40.5 Å². The molecule has 1 N–H and O–H groups in total. The van der Waals surface area contributed by atoms with Gasteiger partial charge in [0, 0.05) is 10.5 Å². The molecule has 0 aromatic heterocycles. The van der Waals surface area contributed by atoms with Crippen molar-refractivity contribution in [3.05, 3.63) is 0 Å². The van der Waals surface area contributed by atoms with Gasteiger partial charge in [0.2, 0.25) is 0 Å². The molecule has 2 unspecified atom stereocenters. The van der Waals surface area contributed by atoms with Crippen LogP contribution in [0.5, 0.6) is 0 Å². The van der Waals surface area contributed by atoms with Gasteiger partial charge in [0.05, 0.1) is 6.04 Å². The third-order valence-corrected chi connectivity index (χ3v) is 3.26.